The van der Waals surface area contributed by atoms with Crippen LogP contribution in [-0.4, -0.2) is 77.5 Å². The molecule has 0 bridgehead atoms. The van der Waals surface area contributed by atoms with Gasteiger partial charge in [-0.2, -0.15) is 0 Å². The summed E-state index contributed by atoms with van der Waals surface area (Å²) in [6.07, 6.45) is 17.6. The predicted molar refractivity (Wildman–Crippen MR) is 171 cm³/mol. The van der Waals surface area contributed by atoms with Gasteiger partial charge in [0.05, 0.1) is 0 Å². The van der Waals surface area contributed by atoms with Gasteiger partial charge < -0.3 is 20.3 Å². The van der Waals surface area contributed by atoms with Crippen molar-refractivity contribution in [3.8, 4) is 0 Å². The molecule has 9 nitrogen and oxygen atoms in total. The van der Waals surface area contributed by atoms with E-state index in [1.165, 1.54) is 38.5 Å². The molecule has 0 aromatic carbocycles. The Morgan fingerprint density at radius 1 is 0.674 bits per heavy atom. The van der Waals surface area contributed by atoms with Crippen LogP contribution in [0.3, 0.4) is 0 Å². The molecule has 0 aromatic heterocycles. The molecule has 0 aromatic rings. The molecular weight excluding hydrogens is 544 g/mol. The topological polar surface area (TPSA) is 108 Å². The molecule has 2 fully saturated rings. The van der Waals surface area contributed by atoms with Gasteiger partial charge in [-0.1, -0.05) is 78.2 Å². The zero-order chi connectivity index (χ0) is 31.9. The first-order valence-corrected chi connectivity index (χ1v) is 16.8. The lowest BCUT2D eigenvalue weighted by Crippen LogP contribution is -2.47. The first kappa shape index (κ1) is 36.6. The average Bonchev–Trinajstić information content (AvgIpc) is 3.61. The van der Waals surface area contributed by atoms with E-state index in [1.807, 2.05) is 26.8 Å². The van der Waals surface area contributed by atoms with Crippen LogP contribution >= 0.6 is 0 Å². The Morgan fingerprint density at radius 2 is 1.09 bits per heavy atom. The van der Waals surface area contributed by atoms with Crippen molar-refractivity contribution in [1.82, 2.24) is 20.4 Å². The van der Waals surface area contributed by atoms with Crippen LogP contribution in [0.15, 0.2) is 12.2 Å². The summed E-state index contributed by atoms with van der Waals surface area (Å²) in [6.45, 7) is 14.2. The minimum Gasteiger partial charge on any atom is -0.444 e. The van der Waals surface area contributed by atoms with Crippen molar-refractivity contribution in [2.24, 2.45) is 5.41 Å². The van der Waals surface area contributed by atoms with Crippen LogP contribution in [-0.2, 0) is 19.1 Å². The van der Waals surface area contributed by atoms with Gasteiger partial charge in [-0.05, 0) is 70.8 Å². The number of nitrogens with one attached hydrogen (secondary N) is 2. The van der Waals surface area contributed by atoms with Crippen molar-refractivity contribution >= 4 is 23.8 Å². The van der Waals surface area contributed by atoms with Gasteiger partial charge in [-0.3, -0.25) is 19.3 Å². The molecular formula is C34H60N4O5. The molecule has 2 aliphatic rings. The normalized spacial score (nSPS) is 19.2. The lowest BCUT2D eigenvalue weighted by molar-refractivity contribution is -0.135. The molecule has 0 saturated carbocycles. The number of rotatable bonds is 16. The molecule has 0 spiro atoms. The standard InChI is InChI=1S/C34H60N4O5/c1-33(2,3)22-21-29(39)37-25-17-19-27(37)30(40)35-23-15-13-11-9-7-8-10-12-14-16-24-36-31(41)28-20-18-26-38(28)32(42)43-34(4,5)6/h21-22,27-28H,7-20,23-26H2,1-6H3,(H,35,40)(H,36,41)/b22-21-/t27-,28-/m1/s1. The molecule has 0 aliphatic carbocycles. The van der Waals surface area contributed by atoms with Gasteiger partial charge in [-0.15, -0.1) is 0 Å². The number of hydrogen-bond acceptors (Lipinski definition) is 5. The number of nitrogens with zero attached hydrogens (tertiary/aromatic N) is 2. The molecule has 2 aliphatic heterocycles. The SMILES string of the molecule is CC(C)(C)/C=C\C(=O)N1CCC[C@@H]1C(=O)NCCCCCCCCCCCCNC(=O)[C@H]1CCCN1C(=O)OC(C)(C)C. The van der Waals surface area contributed by atoms with Gasteiger partial charge in [0.15, 0.2) is 0 Å². The fraction of sp³-hybridized carbons (Fsp3) is 0.824. The van der Waals surface area contributed by atoms with Gasteiger partial charge in [-0.25, -0.2) is 4.79 Å². The molecule has 9 heteroatoms. The maximum atomic E-state index is 12.7. The predicted octanol–water partition coefficient (Wildman–Crippen LogP) is 6.11. The minimum atomic E-state index is -0.564. The summed E-state index contributed by atoms with van der Waals surface area (Å²) in [5, 5.41) is 6.06. The van der Waals surface area contributed by atoms with Crippen LogP contribution < -0.4 is 10.6 Å². The zero-order valence-electron chi connectivity index (χ0n) is 28.0. The lowest BCUT2D eigenvalue weighted by Gasteiger charge is -2.28. The summed E-state index contributed by atoms with van der Waals surface area (Å²) in [6, 6.07) is -0.754. The zero-order valence-corrected chi connectivity index (χ0v) is 28.0. The highest BCUT2D eigenvalue weighted by Crippen LogP contribution is 2.22. The molecule has 43 heavy (non-hydrogen) atoms. The number of allylic oxidation sites excluding steroid dienone is 1. The Balaban J connectivity index is 1.44. The number of unbranched alkanes of at least 4 members (excludes halogenated alkanes) is 9. The quantitative estimate of drug-likeness (QED) is 0.163. The smallest absolute Gasteiger partial charge is 0.410 e. The molecule has 0 unspecified atom stereocenters. The summed E-state index contributed by atoms with van der Waals surface area (Å²) >= 11 is 0. The number of amides is 4. The summed E-state index contributed by atoms with van der Waals surface area (Å²) in [5.41, 5.74) is -0.620. The third kappa shape index (κ3) is 14.6. The van der Waals surface area contributed by atoms with Crippen LogP contribution in [0, 0.1) is 5.41 Å². The number of ether oxygens (including phenoxy) is 1. The van der Waals surface area contributed by atoms with Crippen molar-refractivity contribution in [3.63, 3.8) is 0 Å². The van der Waals surface area contributed by atoms with E-state index in [2.05, 4.69) is 31.4 Å². The Hall–Kier alpha value is -2.58. The second-order valence-corrected chi connectivity index (χ2v) is 14.3. The monoisotopic (exact) mass is 604 g/mol. The molecule has 4 amide bonds. The third-order valence-corrected chi connectivity index (χ3v) is 7.95. The number of carbonyl (C=O) groups is 4. The van der Waals surface area contributed by atoms with Gasteiger partial charge in [0.1, 0.15) is 17.7 Å². The average molecular weight is 605 g/mol. The van der Waals surface area contributed by atoms with E-state index >= 15 is 0 Å². The van der Waals surface area contributed by atoms with E-state index in [4.69, 9.17) is 4.74 Å². The maximum Gasteiger partial charge on any atom is 0.410 e. The largest absolute Gasteiger partial charge is 0.444 e. The van der Waals surface area contributed by atoms with E-state index in [1.54, 1.807) is 15.9 Å². The van der Waals surface area contributed by atoms with Crippen LogP contribution in [0.1, 0.15) is 131 Å². The van der Waals surface area contributed by atoms with Crippen LogP contribution in [0.5, 0.6) is 0 Å². The fourth-order valence-electron chi connectivity index (χ4n) is 5.62. The van der Waals surface area contributed by atoms with Crippen molar-refractivity contribution in [1.29, 1.82) is 0 Å². The second-order valence-electron chi connectivity index (χ2n) is 14.3. The van der Waals surface area contributed by atoms with E-state index in [0.717, 1.165) is 44.9 Å². The van der Waals surface area contributed by atoms with Crippen molar-refractivity contribution in [2.45, 2.75) is 149 Å². The van der Waals surface area contributed by atoms with Crippen LogP contribution in [0.2, 0.25) is 0 Å². The lowest BCUT2D eigenvalue weighted by atomic mass is 9.96. The Morgan fingerprint density at radius 3 is 1.53 bits per heavy atom. The highest BCUT2D eigenvalue weighted by atomic mass is 16.6. The molecule has 2 atom stereocenters. The summed E-state index contributed by atoms with van der Waals surface area (Å²) in [7, 11) is 0. The van der Waals surface area contributed by atoms with E-state index in [9.17, 15) is 19.2 Å². The van der Waals surface area contributed by atoms with Crippen LogP contribution in [0.4, 0.5) is 4.79 Å². The van der Waals surface area contributed by atoms with Crippen molar-refractivity contribution in [3.05, 3.63) is 12.2 Å². The maximum absolute atomic E-state index is 12.7. The summed E-state index contributed by atoms with van der Waals surface area (Å²) in [4.78, 5) is 53.5. The fourth-order valence-corrected chi connectivity index (χ4v) is 5.62. The summed E-state index contributed by atoms with van der Waals surface area (Å²) < 4.78 is 5.45. The first-order valence-electron chi connectivity index (χ1n) is 16.8. The molecule has 246 valence electrons. The molecule has 2 N–H and O–H groups in total. The molecule has 2 heterocycles. The Kier molecular flexibility index (Phi) is 15.6. The van der Waals surface area contributed by atoms with E-state index in [0.29, 0.717) is 32.6 Å². The van der Waals surface area contributed by atoms with Gasteiger partial charge in [0, 0.05) is 26.2 Å². The van der Waals surface area contributed by atoms with Gasteiger partial charge >= 0.3 is 6.09 Å². The van der Waals surface area contributed by atoms with Crippen molar-refractivity contribution in [2.75, 3.05) is 26.2 Å². The summed E-state index contributed by atoms with van der Waals surface area (Å²) in [5.74, 6) is -0.148. The van der Waals surface area contributed by atoms with Crippen molar-refractivity contribution < 1.29 is 23.9 Å². The highest BCUT2D eigenvalue weighted by molar-refractivity contribution is 5.93. The van der Waals surface area contributed by atoms with E-state index in [-0.39, 0.29) is 29.2 Å². The van der Waals surface area contributed by atoms with E-state index < -0.39 is 17.7 Å². The molecule has 0 radical (unpaired) electrons. The third-order valence-electron chi connectivity index (χ3n) is 7.95. The second kappa shape index (κ2) is 18.3. The molecule has 2 saturated heterocycles. The number of likely N-dealkylation sites (tertiary alicyclic amines) is 2. The highest BCUT2D eigenvalue weighted by Gasteiger charge is 2.36. The number of carbonyl (C=O) groups excluding carboxylic acids is 4. The number of hydrogen-bond donors (Lipinski definition) is 2. The van der Waals surface area contributed by atoms with Gasteiger partial charge in [0.25, 0.3) is 0 Å². The Bertz CT molecular complexity index is 921. The first-order chi connectivity index (χ1) is 20.3. The molecule has 2 rings (SSSR count). The van der Waals surface area contributed by atoms with Gasteiger partial charge in [0.2, 0.25) is 17.7 Å². The minimum absolute atomic E-state index is 0.0177. The Labute approximate surface area is 260 Å². The van der Waals surface area contributed by atoms with Crippen LogP contribution in [0.25, 0.3) is 0 Å².